The van der Waals surface area contributed by atoms with Crippen LogP contribution >= 0.6 is 23.2 Å². The summed E-state index contributed by atoms with van der Waals surface area (Å²) in [6.07, 6.45) is 1.51. The molecule has 2 atom stereocenters. The molecule has 0 fully saturated rings. The molecule has 1 aromatic rings. The number of halogens is 3. The molecule has 0 aromatic heterocycles. The van der Waals surface area contributed by atoms with Crippen molar-refractivity contribution in [2.75, 3.05) is 0 Å². The molecule has 84 valence electrons. The lowest BCUT2D eigenvalue weighted by atomic mass is 9.96. The van der Waals surface area contributed by atoms with E-state index < -0.39 is 0 Å². The van der Waals surface area contributed by atoms with Gasteiger partial charge in [-0.05, 0) is 37.8 Å². The molecule has 1 rings (SSSR count). The second-order valence-electron chi connectivity index (χ2n) is 4.03. The number of hydrogen-bond acceptors (Lipinski definition) is 0. The minimum Gasteiger partial charge on any atom is -0.207 e. The minimum atomic E-state index is -0.225. The van der Waals surface area contributed by atoms with E-state index in [1.54, 1.807) is 12.1 Å². The summed E-state index contributed by atoms with van der Waals surface area (Å²) < 4.78 is 13.4. The highest BCUT2D eigenvalue weighted by Gasteiger charge is 2.12. The van der Waals surface area contributed by atoms with E-state index in [4.69, 9.17) is 23.2 Å². The van der Waals surface area contributed by atoms with Gasteiger partial charge in [-0.3, -0.25) is 0 Å². The van der Waals surface area contributed by atoms with Crippen LogP contribution in [0.5, 0.6) is 0 Å². The Bertz CT molecular complexity index is 303. The van der Waals surface area contributed by atoms with Crippen molar-refractivity contribution in [3.05, 3.63) is 34.6 Å². The summed E-state index contributed by atoms with van der Waals surface area (Å²) in [6.45, 7) is 4.00. The van der Waals surface area contributed by atoms with Crippen LogP contribution in [-0.2, 0) is 6.42 Å². The highest BCUT2D eigenvalue weighted by atomic mass is 35.5. The van der Waals surface area contributed by atoms with Gasteiger partial charge < -0.3 is 0 Å². The lowest BCUT2D eigenvalue weighted by molar-refractivity contribution is 0.507. The van der Waals surface area contributed by atoms with Crippen molar-refractivity contribution >= 4 is 23.2 Å². The molecule has 0 aliphatic carbocycles. The van der Waals surface area contributed by atoms with Crippen LogP contribution in [0.3, 0.4) is 0 Å². The zero-order chi connectivity index (χ0) is 11.4. The van der Waals surface area contributed by atoms with Crippen molar-refractivity contribution in [1.29, 1.82) is 0 Å². The highest BCUT2D eigenvalue weighted by molar-refractivity contribution is 6.31. The van der Waals surface area contributed by atoms with Gasteiger partial charge in [0.25, 0.3) is 0 Å². The fraction of sp³-hybridized carbons (Fsp3) is 0.500. The molecule has 0 heterocycles. The van der Waals surface area contributed by atoms with Gasteiger partial charge >= 0.3 is 0 Å². The highest BCUT2D eigenvalue weighted by Crippen LogP contribution is 2.24. The molecule has 0 radical (unpaired) electrons. The lowest BCUT2D eigenvalue weighted by Gasteiger charge is -2.14. The van der Waals surface area contributed by atoms with E-state index in [1.807, 2.05) is 6.92 Å². The lowest BCUT2D eigenvalue weighted by Crippen LogP contribution is -2.07. The topological polar surface area (TPSA) is 0 Å². The summed E-state index contributed by atoms with van der Waals surface area (Å²) in [4.78, 5) is 0. The van der Waals surface area contributed by atoms with Crippen molar-refractivity contribution in [2.24, 2.45) is 5.92 Å². The van der Waals surface area contributed by atoms with Crippen LogP contribution in [0.15, 0.2) is 18.2 Å². The predicted molar refractivity (Wildman–Crippen MR) is 64.2 cm³/mol. The zero-order valence-corrected chi connectivity index (χ0v) is 10.4. The summed E-state index contributed by atoms with van der Waals surface area (Å²) in [6, 6.07) is 4.78. The van der Waals surface area contributed by atoms with Gasteiger partial charge in [0.1, 0.15) is 5.82 Å². The van der Waals surface area contributed by atoms with Gasteiger partial charge in [0.2, 0.25) is 0 Å². The van der Waals surface area contributed by atoms with Crippen LogP contribution in [0, 0.1) is 11.7 Å². The smallest absolute Gasteiger partial charge is 0.127 e. The Morgan fingerprint density at radius 3 is 2.53 bits per heavy atom. The molecular weight excluding hydrogens is 234 g/mol. The van der Waals surface area contributed by atoms with Gasteiger partial charge in [-0.1, -0.05) is 24.6 Å². The average molecular weight is 249 g/mol. The van der Waals surface area contributed by atoms with Crippen LogP contribution in [0.1, 0.15) is 25.8 Å². The predicted octanol–water partition coefficient (Wildman–Crippen LogP) is 4.68. The summed E-state index contributed by atoms with van der Waals surface area (Å²) in [5, 5.41) is 0.620. The van der Waals surface area contributed by atoms with Crippen LogP contribution in [-0.4, -0.2) is 5.38 Å². The first-order valence-corrected chi connectivity index (χ1v) is 5.89. The molecule has 3 heteroatoms. The third kappa shape index (κ3) is 4.00. The van der Waals surface area contributed by atoms with Gasteiger partial charge in [-0.2, -0.15) is 0 Å². The summed E-state index contributed by atoms with van der Waals surface area (Å²) in [5.74, 6) is 0.114. The van der Waals surface area contributed by atoms with Crippen molar-refractivity contribution in [2.45, 2.75) is 32.1 Å². The van der Waals surface area contributed by atoms with Gasteiger partial charge in [0.05, 0.1) is 0 Å². The third-order valence-electron chi connectivity index (χ3n) is 2.34. The Morgan fingerprint density at radius 2 is 2.00 bits per heavy atom. The SMILES string of the molecule is CC(Cl)CC(C)Cc1c(F)cccc1Cl. The number of hydrogen-bond donors (Lipinski definition) is 0. The third-order valence-corrected chi connectivity index (χ3v) is 2.87. The first-order valence-electron chi connectivity index (χ1n) is 5.07. The van der Waals surface area contributed by atoms with E-state index in [2.05, 4.69) is 6.92 Å². The van der Waals surface area contributed by atoms with Crippen LogP contribution in [0.4, 0.5) is 4.39 Å². The van der Waals surface area contributed by atoms with Crippen LogP contribution in [0.2, 0.25) is 5.02 Å². The molecule has 0 saturated heterocycles. The number of rotatable bonds is 4. The monoisotopic (exact) mass is 248 g/mol. The molecule has 0 saturated carbocycles. The Balaban J connectivity index is 2.71. The van der Waals surface area contributed by atoms with Crippen LogP contribution in [0.25, 0.3) is 0 Å². The quantitative estimate of drug-likeness (QED) is 0.680. The zero-order valence-electron chi connectivity index (χ0n) is 8.93. The first kappa shape index (κ1) is 12.8. The molecule has 0 aliphatic rings. The maximum absolute atomic E-state index is 13.4. The molecule has 0 amide bonds. The Kier molecular flexibility index (Phi) is 4.88. The fourth-order valence-corrected chi connectivity index (χ4v) is 2.26. The summed E-state index contributed by atoms with van der Waals surface area (Å²) in [7, 11) is 0. The van der Waals surface area contributed by atoms with Crippen molar-refractivity contribution in [3.63, 3.8) is 0 Å². The van der Waals surface area contributed by atoms with Gasteiger partial charge in [0, 0.05) is 16.0 Å². The maximum Gasteiger partial charge on any atom is 0.127 e. The standard InChI is InChI=1S/C12H15Cl2F/c1-8(6-9(2)13)7-10-11(14)4-3-5-12(10)15/h3-5,8-9H,6-7H2,1-2H3. The molecule has 2 unspecified atom stereocenters. The van der Waals surface area contributed by atoms with E-state index in [0.29, 0.717) is 22.9 Å². The normalized spacial score (nSPS) is 15.0. The van der Waals surface area contributed by atoms with Gasteiger partial charge in [0.15, 0.2) is 0 Å². The second kappa shape index (κ2) is 5.72. The summed E-state index contributed by atoms with van der Waals surface area (Å²) >= 11 is 11.8. The van der Waals surface area contributed by atoms with E-state index in [-0.39, 0.29) is 11.2 Å². The van der Waals surface area contributed by atoms with E-state index in [9.17, 15) is 4.39 Å². The minimum absolute atomic E-state index is 0.116. The second-order valence-corrected chi connectivity index (χ2v) is 5.18. The van der Waals surface area contributed by atoms with Crippen LogP contribution < -0.4 is 0 Å². The van der Waals surface area contributed by atoms with E-state index in [1.165, 1.54) is 6.07 Å². The molecular formula is C12H15Cl2F. The van der Waals surface area contributed by atoms with Crippen molar-refractivity contribution < 1.29 is 4.39 Å². The van der Waals surface area contributed by atoms with E-state index >= 15 is 0 Å². The summed E-state index contributed by atoms with van der Waals surface area (Å²) in [5.41, 5.74) is 0.601. The molecule has 15 heavy (non-hydrogen) atoms. The fourth-order valence-electron chi connectivity index (χ4n) is 1.71. The maximum atomic E-state index is 13.4. The molecule has 0 N–H and O–H groups in total. The van der Waals surface area contributed by atoms with Gasteiger partial charge in [-0.15, -0.1) is 11.6 Å². The molecule has 1 aromatic carbocycles. The number of benzene rings is 1. The number of alkyl halides is 1. The average Bonchev–Trinajstić information content (AvgIpc) is 2.10. The molecule has 0 bridgehead atoms. The Morgan fingerprint density at radius 1 is 1.33 bits per heavy atom. The Labute approximate surface area is 100 Å². The van der Waals surface area contributed by atoms with E-state index in [0.717, 1.165) is 6.42 Å². The van der Waals surface area contributed by atoms with Crippen molar-refractivity contribution in [1.82, 2.24) is 0 Å². The Hall–Kier alpha value is -0.270. The molecule has 0 nitrogen and oxygen atoms in total. The molecule has 0 spiro atoms. The van der Waals surface area contributed by atoms with Gasteiger partial charge in [-0.25, -0.2) is 4.39 Å². The largest absolute Gasteiger partial charge is 0.207 e. The molecule has 0 aliphatic heterocycles. The first-order chi connectivity index (χ1) is 7.00. The van der Waals surface area contributed by atoms with Crippen molar-refractivity contribution in [3.8, 4) is 0 Å².